The molecule has 1 aromatic heterocycles. The lowest BCUT2D eigenvalue weighted by Gasteiger charge is -2.23. The van der Waals surface area contributed by atoms with Crippen molar-refractivity contribution in [2.75, 3.05) is 11.9 Å². The fraction of sp³-hybridized carbons (Fsp3) is 0.267. The summed E-state index contributed by atoms with van der Waals surface area (Å²) >= 11 is 1.33. The molecule has 1 unspecified atom stereocenters. The van der Waals surface area contributed by atoms with Gasteiger partial charge in [-0.1, -0.05) is 0 Å². The van der Waals surface area contributed by atoms with Crippen LogP contribution >= 0.6 is 11.3 Å². The Morgan fingerprint density at radius 3 is 2.77 bits per heavy atom. The molecule has 1 N–H and O–H groups in total. The zero-order chi connectivity index (χ0) is 15.5. The molecule has 0 saturated carbocycles. The maximum Gasteiger partial charge on any atom is 0.254 e. The van der Waals surface area contributed by atoms with Crippen molar-refractivity contribution in [2.45, 2.75) is 18.9 Å². The minimum absolute atomic E-state index is 0.233. The average molecular weight is 319 g/mol. The number of likely N-dealkylation sites (tertiary alicyclic amines) is 1. The minimum atomic E-state index is -0.513. The summed E-state index contributed by atoms with van der Waals surface area (Å²) in [5.41, 5.74) is 0.385. The summed E-state index contributed by atoms with van der Waals surface area (Å²) in [6.07, 6.45) is 2.99. The molecule has 0 radical (unpaired) electrons. The molecule has 1 atom stereocenters. The van der Waals surface area contributed by atoms with Crippen molar-refractivity contribution >= 4 is 28.3 Å². The lowest BCUT2D eigenvalue weighted by molar-refractivity contribution is -0.119. The first-order chi connectivity index (χ1) is 10.6. The third-order valence-electron chi connectivity index (χ3n) is 3.57. The van der Waals surface area contributed by atoms with E-state index < -0.39 is 11.9 Å². The van der Waals surface area contributed by atoms with Crippen molar-refractivity contribution in [3.05, 3.63) is 47.2 Å². The number of nitrogens with one attached hydrogen (secondary N) is 1. The van der Waals surface area contributed by atoms with Crippen LogP contribution in [0.5, 0.6) is 0 Å². The van der Waals surface area contributed by atoms with Crippen molar-refractivity contribution in [2.24, 2.45) is 0 Å². The summed E-state index contributed by atoms with van der Waals surface area (Å²) in [5.74, 6) is -0.879. The molecule has 3 rings (SSSR count). The van der Waals surface area contributed by atoms with Gasteiger partial charge in [-0.3, -0.25) is 9.59 Å². The van der Waals surface area contributed by atoms with Crippen LogP contribution in [-0.2, 0) is 4.79 Å². The number of rotatable bonds is 3. The van der Waals surface area contributed by atoms with Crippen LogP contribution in [0.15, 0.2) is 35.8 Å². The standard InChI is InChI=1S/C15H14FN3O2S/c16-11-5-3-10(4-6-11)14(21)19-8-1-2-12(19)13(20)18-15-17-7-9-22-15/h3-7,9,12H,1-2,8H2,(H,17,18,20). The monoisotopic (exact) mass is 319 g/mol. The molecular weight excluding hydrogens is 305 g/mol. The molecule has 5 nitrogen and oxygen atoms in total. The lowest BCUT2D eigenvalue weighted by atomic mass is 10.1. The molecule has 2 amide bonds. The normalized spacial score (nSPS) is 17.5. The largest absolute Gasteiger partial charge is 0.327 e. The SMILES string of the molecule is O=C(Nc1nccs1)C1CCCN1C(=O)c1ccc(F)cc1. The van der Waals surface area contributed by atoms with Crippen LogP contribution in [0.1, 0.15) is 23.2 Å². The van der Waals surface area contributed by atoms with Crippen LogP contribution in [0.3, 0.4) is 0 Å². The van der Waals surface area contributed by atoms with E-state index in [0.717, 1.165) is 6.42 Å². The Labute approximate surface area is 130 Å². The van der Waals surface area contributed by atoms with E-state index in [4.69, 9.17) is 0 Å². The second kappa shape index (κ2) is 6.23. The Kier molecular flexibility index (Phi) is 4.15. The van der Waals surface area contributed by atoms with E-state index in [2.05, 4.69) is 10.3 Å². The molecular formula is C15H14FN3O2S. The highest BCUT2D eigenvalue weighted by Gasteiger charge is 2.34. The highest BCUT2D eigenvalue weighted by molar-refractivity contribution is 7.13. The first-order valence-corrected chi connectivity index (χ1v) is 7.80. The van der Waals surface area contributed by atoms with E-state index >= 15 is 0 Å². The van der Waals surface area contributed by atoms with E-state index in [0.29, 0.717) is 23.7 Å². The second-order valence-electron chi connectivity index (χ2n) is 4.99. The van der Waals surface area contributed by atoms with E-state index in [1.165, 1.54) is 40.5 Å². The van der Waals surface area contributed by atoms with Gasteiger partial charge >= 0.3 is 0 Å². The molecule has 1 saturated heterocycles. The molecule has 114 valence electrons. The van der Waals surface area contributed by atoms with Crippen molar-refractivity contribution in [1.29, 1.82) is 0 Å². The molecule has 0 bridgehead atoms. The summed E-state index contributed by atoms with van der Waals surface area (Å²) < 4.78 is 12.9. The molecule has 2 heterocycles. The first kappa shape index (κ1) is 14.6. The van der Waals surface area contributed by atoms with Crippen molar-refractivity contribution in [3.63, 3.8) is 0 Å². The van der Waals surface area contributed by atoms with Gasteiger partial charge in [0.1, 0.15) is 11.9 Å². The Hall–Kier alpha value is -2.28. The van der Waals surface area contributed by atoms with Crippen LogP contribution < -0.4 is 5.32 Å². The summed E-state index contributed by atoms with van der Waals surface area (Å²) in [5, 5.41) is 5.01. The quantitative estimate of drug-likeness (QED) is 0.945. The summed E-state index contributed by atoms with van der Waals surface area (Å²) in [6.45, 7) is 0.520. The maximum absolute atomic E-state index is 12.9. The number of hydrogen-bond donors (Lipinski definition) is 1. The van der Waals surface area contributed by atoms with Crippen LogP contribution in [0.2, 0.25) is 0 Å². The number of halogens is 1. The summed E-state index contributed by atoms with van der Waals surface area (Å²) in [4.78, 5) is 30.3. The molecule has 2 aromatic rings. The highest BCUT2D eigenvalue weighted by atomic mass is 32.1. The molecule has 1 aliphatic heterocycles. The van der Waals surface area contributed by atoms with Gasteiger partial charge in [0.05, 0.1) is 0 Å². The van der Waals surface area contributed by atoms with Gasteiger partial charge in [-0.05, 0) is 37.1 Å². The number of nitrogens with zero attached hydrogens (tertiary/aromatic N) is 2. The van der Waals surface area contributed by atoms with Gasteiger partial charge in [-0.25, -0.2) is 9.37 Å². The Morgan fingerprint density at radius 1 is 1.32 bits per heavy atom. The number of carbonyl (C=O) groups excluding carboxylic acids is 2. The molecule has 7 heteroatoms. The van der Waals surface area contributed by atoms with E-state index in [-0.39, 0.29) is 11.8 Å². The number of benzene rings is 1. The molecule has 1 aliphatic rings. The molecule has 22 heavy (non-hydrogen) atoms. The third kappa shape index (κ3) is 2.99. The Bertz CT molecular complexity index is 673. The van der Waals surface area contributed by atoms with Gasteiger partial charge in [0.2, 0.25) is 5.91 Å². The topological polar surface area (TPSA) is 62.3 Å². The van der Waals surface area contributed by atoms with Crippen molar-refractivity contribution in [1.82, 2.24) is 9.88 Å². The van der Waals surface area contributed by atoms with Crippen LogP contribution in [0, 0.1) is 5.82 Å². The molecule has 0 aliphatic carbocycles. The van der Waals surface area contributed by atoms with Crippen LogP contribution in [0.25, 0.3) is 0 Å². The second-order valence-corrected chi connectivity index (χ2v) is 5.88. The number of aromatic nitrogens is 1. The predicted molar refractivity (Wildman–Crippen MR) is 81.2 cm³/mol. The smallest absolute Gasteiger partial charge is 0.254 e. The lowest BCUT2D eigenvalue weighted by Crippen LogP contribution is -2.43. The van der Waals surface area contributed by atoms with Crippen LogP contribution in [-0.4, -0.2) is 34.3 Å². The zero-order valence-electron chi connectivity index (χ0n) is 11.7. The molecule has 1 fully saturated rings. The zero-order valence-corrected chi connectivity index (χ0v) is 12.5. The van der Waals surface area contributed by atoms with E-state index in [1.54, 1.807) is 11.6 Å². The third-order valence-corrected chi connectivity index (χ3v) is 4.26. The predicted octanol–water partition coefficient (Wildman–Crippen LogP) is 2.53. The van der Waals surface area contributed by atoms with Gasteiger partial charge < -0.3 is 10.2 Å². The number of amides is 2. The van der Waals surface area contributed by atoms with Crippen LogP contribution in [0.4, 0.5) is 9.52 Å². The Morgan fingerprint density at radius 2 is 2.09 bits per heavy atom. The highest BCUT2D eigenvalue weighted by Crippen LogP contribution is 2.22. The van der Waals surface area contributed by atoms with Gasteiger partial charge in [0, 0.05) is 23.7 Å². The fourth-order valence-electron chi connectivity index (χ4n) is 2.51. The maximum atomic E-state index is 12.9. The fourth-order valence-corrected chi connectivity index (χ4v) is 3.05. The van der Waals surface area contributed by atoms with E-state index in [9.17, 15) is 14.0 Å². The van der Waals surface area contributed by atoms with Crippen molar-refractivity contribution < 1.29 is 14.0 Å². The number of hydrogen-bond acceptors (Lipinski definition) is 4. The van der Waals surface area contributed by atoms with E-state index in [1.807, 2.05) is 0 Å². The van der Waals surface area contributed by atoms with Gasteiger partial charge in [-0.2, -0.15) is 0 Å². The van der Waals surface area contributed by atoms with Gasteiger partial charge in [0.25, 0.3) is 5.91 Å². The summed E-state index contributed by atoms with van der Waals surface area (Å²) in [6, 6.07) is 4.85. The summed E-state index contributed by atoms with van der Waals surface area (Å²) in [7, 11) is 0. The number of anilines is 1. The number of thiazole rings is 1. The first-order valence-electron chi connectivity index (χ1n) is 6.92. The van der Waals surface area contributed by atoms with Crippen molar-refractivity contribution in [3.8, 4) is 0 Å². The minimum Gasteiger partial charge on any atom is -0.327 e. The molecule has 1 aromatic carbocycles. The average Bonchev–Trinajstić information content (AvgIpc) is 3.18. The number of carbonyl (C=O) groups is 2. The van der Waals surface area contributed by atoms with Gasteiger partial charge in [-0.15, -0.1) is 11.3 Å². The molecule has 0 spiro atoms. The Balaban J connectivity index is 1.73. The van der Waals surface area contributed by atoms with Gasteiger partial charge in [0.15, 0.2) is 5.13 Å².